The number of carbonyl (C=O) groups is 1. The predicted octanol–water partition coefficient (Wildman–Crippen LogP) is 0.678. The van der Waals surface area contributed by atoms with Gasteiger partial charge in [0.25, 0.3) is 0 Å². The molecule has 0 aliphatic heterocycles. The summed E-state index contributed by atoms with van der Waals surface area (Å²) in [5.41, 5.74) is 4.65. The second-order valence-corrected chi connectivity index (χ2v) is 1.73. The molecule has 0 bridgehead atoms. The first-order valence-corrected chi connectivity index (χ1v) is 2.77. The van der Waals surface area contributed by atoms with Gasteiger partial charge in [-0.1, -0.05) is 0 Å². The van der Waals surface area contributed by atoms with E-state index in [1.54, 1.807) is 0 Å². The van der Waals surface area contributed by atoms with Crippen LogP contribution in [-0.2, 0) is 0 Å². The van der Waals surface area contributed by atoms with E-state index in [1.165, 1.54) is 6.20 Å². The number of carbonyl (C=O) groups excluding carboxylic acids is 1. The summed E-state index contributed by atoms with van der Waals surface area (Å²) >= 11 is 0. The van der Waals surface area contributed by atoms with Crippen molar-refractivity contribution >= 4 is 6.09 Å². The van der Waals surface area contributed by atoms with Crippen molar-refractivity contribution in [2.45, 2.75) is 0 Å². The van der Waals surface area contributed by atoms with Crippen LogP contribution in [0.15, 0.2) is 18.3 Å². The zero-order chi connectivity index (χ0) is 8.27. The van der Waals surface area contributed by atoms with E-state index in [0.717, 1.165) is 12.1 Å². The normalized spacial score (nSPS) is 9.18. The van der Waals surface area contributed by atoms with Crippen molar-refractivity contribution in [3.63, 3.8) is 0 Å². The summed E-state index contributed by atoms with van der Waals surface area (Å²) in [6, 6.07) is 2.10. The highest BCUT2D eigenvalue weighted by atomic mass is 19.1. The molecule has 5 heteroatoms. The van der Waals surface area contributed by atoms with Crippen LogP contribution in [0.3, 0.4) is 0 Å². The lowest BCUT2D eigenvalue weighted by atomic mass is 10.5. The van der Waals surface area contributed by atoms with Gasteiger partial charge >= 0.3 is 6.09 Å². The van der Waals surface area contributed by atoms with Crippen molar-refractivity contribution < 1.29 is 13.9 Å². The number of hydrogen-bond donors (Lipinski definition) is 1. The van der Waals surface area contributed by atoms with Crippen LogP contribution in [0.2, 0.25) is 0 Å². The lowest BCUT2D eigenvalue weighted by molar-refractivity contribution is 0.209. The Hall–Kier alpha value is -1.65. The topological polar surface area (TPSA) is 65.2 Å². The van der Waals surface area contributed by atoms with Crippen molar-refractivity contribution in [3.8, 4) is 5.88 Å². The molecule has 0 unspecified atom stereocenters. The summed E-state index contributed by atoms with van der Waals surface area (Å²) in [5.74, 6) is -0.672. The SMILES string of the molecule is NC(=O)Oc1cc(F)ccn1. The number of pyridine rings is 1. The van der Waals surface area contributed by atoms with Gasteiger partial charge in [0.2, 0.25) is 5.88 Å². The average molecular weight is 156 g/mol. The Kier molecular flexibility index (Phi) is 2.00. The van der Waals surface area contributed by atoms with Crippen molar-refractivity contribution in [1.82, 2.24) is 4.98 Å². The fourth-order valence-electron chi connectivity index (χ4n) is 0.544. The third-order valence-electron chi connectivity index (χ3n) is 0.902. The molecule has 4 nitrogen and oxygen atoms in total. The molecule has 11 heavy (non-hydrogen) atoms. The number of nitrogens with zero attached hydrogens (tertiary/aromatic N) is 1. The zero-order valence-corrected chi connectivity index (χ0v) is 5.45. The van der Waals surface area contributed by atoms with Gasteiger partial charge < -0.3 is 10.5 Å². The van der Waals surface area contributed by atoms with E-state index in [-0.39, 0.29) is 5.88 Å². The Morgan fingerprint density at radius 2 is 2.45 bits per heavy atom. The van der Waals surface area contributed by atoms with Crippen LogP contribution < -0.4 is 10.5 Å². The molecule has 0 aliphatic rings. The molecule has 0 aliphatic carbocycles. The quantitative estimate of drug-likeness (QED) is 0.650. The third kappa shape index (κ3) is 2.21. The lowest BCUT2D eigenvalue weighted by Gasteiger charge is -1.96. The van der Waals surface area contributed by atoms with E-state index in [0.29, 0.717) is 0 Å². The first-order valence-electron chi connectivity index (χ1n) is 2.77. The van der Waals surface area contributed by atoms with Gasteiger partial charge in [-0.05, 0) is 6.07 Å². The molecule has 1 amide bonds. The Morgan fingerprint density at radius 3 is 3.00 bits per heavy atom. The minimum atomic E-state index is -1.01. The number of ether oxygens (including phenoxy) is 1. The number of amides is 1. The molecule has 0 saturated carbocycles. The third-order valence-corrected chi connectivity index (χ3v) is 0.902. The summed E-state index contributed by atoms with van der Waals surface area (Å²) in [5, 5.41) is 0. The Labute approximate surface area is 61.8 Å². The first-order chi connectivity index (χ1) is 5.18. The fraction of sp³-hybridized carbons (Fsp3) is 0. The molecule has 0 fully saturated rings. The van der Waals surface area contributed by atoms with Crippen LogP contribution in [0.25, 0.3) is 0 Å². The predicted molar refractivity (Wildman–Crippen MR) is 34.4 cm³/mol. The molecule has 0 radical (unpaired) electrons. The lowest BCUT2D eigenvalue weighted by Crippen LogP contribution is -2.16. The van der Waals surface area contributed by atoms with Gasteiger partial charge in [-0.3, -0.25) is 0 Å². The van der Waals surface area contributed by atoms with Crippen molar-refractivity contribution in [3.05, 3.63) is 24.1 Å². The molecular weight excluding hydrogens is 151 g/mol. The average Bonchev–Trinajstić information content (AvgIpc) is 1.85. The van der Waals surface area contributed by atoms with Crippen LogP contribution in [0, 0.1) is 5.82 Å². The van der Waals surface area contributed by atoms with Crippen LogP contribution in [-0.4, -0.2) is 11.1 Å². The van der Waals surface area contributed by atoms with E-state index in [2.05, 4.69) is 15.5 Å². The van der Waals surface area contributed by atoms with E-state index in [9.17, 15) is 9.18 Å². The molecule has 2 N–H and O–H groups in total. The Balaban J connectivity index is 2.79. The zero-order valence-electron chi connectivity index (χ0n) is 5.45. The number of hydrogen-bond acceptors (Lipinski definition) is 3. The van der Waals surface area contributed by atoms with Crippen LogP contribution >= 0.6 is 0 Å². The number of primary amides is 1. The van der Waals surface area contributed by atoms with E-state index in [4.69, 9.17) is 0 Å². The largest absolute Gasteiger partial charge is 0.411 e. The Morgan fingerprint density at radius 1 is 1.73 bits per heavy atom. The number of nitrogens with two attached hydrogens (primary N) is 1. The van der Waals surface area contributed by atoms with Crippen molar-refractivity contribution in [2.24, 2.45) is 5.73 Å². The summed E-state index contributed by atoms with van der Waals surface area (Å²) in [6.45, 7) is 0. The molecule has 58 valence electrons. The highest BCUT2D eigenvalue weighted by Gasteiger charge is 1.99. The van der Waals surface area contributed by atoms with Crippen molar-refractivity contribution in [2.75, 3.05) is 0 Å². The number of aromatic nitrogens is 1. The fourth-order valence-corrected chi connectivity index (χ4v) is 0.544. The summed E-state index contributed by atoms with van der Waals surface area (Å²) in [6.07, 6.45) is 0.163. The van der Waals surface area contributed by atoms with Crippen LogP contribution in [0.5, 0.6) is 5.88 Å². The minimum absolute atomic E-state index is 0.141. The van der Waals surface area contributed by atoms with Crippen LogP contribution in [0.4, 0.5) is 9.18 Å². The second kappa shape index (κ2) is 2.96. The monoisotopic (exact) mass is 156 g/mol. The molecule has 1 heterocycles. The number of rotatable bonds is 1. The smallest absolute Gasteiger partial charge is 0.391 e. The van der Waals surface area contributed by atoms with Gasteiger partial charge in [-0.15, -0.1) is 0 Å². The van der Waals surface area contributed by atoms with E-state index >= 15 is 0 Å². The molecule has 1 aromatic rings. The van der Waals surface area contributed by atoms with Gasteiger partial charge in [0, 0.05) is 12.3 Å². The standard InChI is InChI=1S/C6H5FN2O2/c7-4-1-2-9-5(3-4)11-6(8)10/h1-3H,(H2,8,10). The van der Waals surface area contributed by atoms with Crippen molar-refractivity contribution in [1.29, 1.82) is 0 Å². The minimum Gasteiger partial charge on any atom is -0.391 e. The molecule has 0 spiro atoms. The van der Waals surface area contributed by atoms with Gasteiger partial charge in [-0.2, -0.15) is 0 Å². The summed E-state index contributed by atoms with van der Waals surface area (Å²) < 4.78 is 16.6. The highest BCUT2D eigenvalue weighted by molar-refractivity contribution is 5.67. The van der Waals surface area contributed by atoms with Gasteiger partial charge in [0.05, 0.1) is 0 Å². The molecule has 0 aromatic carbocycles. The molecular formula is C6H5FN2O2. The second-order valence-electron chi connectivity index (χ2n) is 1.73. The van der Waals surface area contributed by atoms with Gasteiger partial charge in [-0.25, -0.2) is 14.2 Å². The maximum atomic E-state index is 12.3. The van der Waals surface area contributed by atoms with E-state index < -0.39 is 11.9 Å². The number of halogens is 1. The highest BCUT2D eigenvalue weighted by Crippen LogP contribution is 2.06. The molecule has 1 aromatic heterocycles. The summed E-state index contributed by atoms with van der Waals surface area (Å²) in [7, 11) is 0. The first kappa shape index (κ1) is 7.46. The van der Waals surface area contributed by atoms with Crippen LogP contribution in [0.1, 0.15) is 0 Å². The maximum Gasteiger partial charge on any atom is 0.411 e. The van der Waals surface area contributed by atoms with E-state index in [1.807, 2.05) is 0 Å². The maximum absolute atomic E-state index is 12.3. The van der Waals surface area contributed by atoms with Gasteiger partial charge in [0.1, 0.15) is 5.82 Å². The molecule has 1 rings (SSSR count). The van der Waals surface area contributed by atoms with Gasteiger partial charge in [0.15, 0.2) is 0 Å². The molecule has 0 saturated heterocycles. The molecule has 0 atom stereocenters. The summed E-state index contributed by atoms with van der Waals surface area (Å²) in [4.78, 5) is 13.6. The Bertz CT molecular complexity index is 277.